The Morgan fingerprint density at radius 2 is 2.14 bits per heavy atom. The smallest absolute Gasteiger partial charge is 0.310 e. The van der Waals surface area contributed by atoms with E-state index in [-0.39, 0.29) is 36.4 Å². The van der Waals surface area contributed by atoms with Gasteiger partial charge in [0.1, 0.15) is 0 Å². The minimum Gasteiger partial charge on any atom is -0.455 e. The average Bonchev–Trinajstić information content (AvgIpc) is 3.21. The molecule has 22 heavy (non-hydrogen) atoms. The molecular formula is C16H23N3O3. The molecule has 2 saturated carbocycles. The van der Waals surface area contributed by atoms with Crippen molar-refractivity contribution in [2.24, 2.45) is 13.0 Å². The van der Waals surface area contributed by atoms with E-state index in [1.807, 2.05) is 13.2 Å². The second-order valence-electron chi connectivity index (χ2n) is 6.41. The van der Waals surface area contributed by atoms with E-state index in [2.05, 4.69) is 10.4 Å². The van der Waals surface area contributed by atoms with E-state index in [9.17, 15) is 9.59 Å². The zero-order valence-corrected chi connectivity index (χ0v) is 13.0. The summed E-state index contributed by atoms with van der Waals surface area (Å²) < 4.78 is 6.88. The molecule has 0 aliphatic heterocycles. The number of carbonyl (C=O) groups is 2. The number of ether oxygens (including phenoxy) is 1. The number of hydrogen-bond donors (Lipinski definition) is 1. The molecule has 2 fully saturated rings. The summed E-state index contributed by atoms with van der Waals surface area (Å²) in [7, 11) is 1.86. The number of esters is 1. The van der Waals surface area contributed by atoms with Crippen LogP contribution < -0.4 is 5.32 Å². The predicted octanol–water partition coefficient (Wildman–Crippen LogP) is 1.52. The van der Waals surface area contributed by atoms with Gasteiger partial charge in [-0.3, -0.25) is 14.3 Å². The largest absolute Gasteiger partial charge is 0.455 e. The Hall–Kier alpha value is -1.85. The third-order valence-electron chi connectivity index (χ3n) is 4.56. The number of rotatable bonds is 5. The van der Waals surface area contributed by atoms with Crippen molar-refractivity contribution < 1.29 is 14.3 Å². The molecule has 3 rings (SSSR count). The van der Waals surface area contributed by atoms with Crippen LogP contribution in [0.1, 0.15) is 50.0 Å². The summed E-state index contributed by atoms with van der Waals surface area (Å²) in [5.74, 6) is -0.374. The van der Waals surface area contributed by atoms with Gasteiger partial charge >= 0.3 is 5.97 Å². The second-order valence-corrected chi connectivity index (χ2v) is 6.41. The van der Waals surface area contributed by atoms with Crippen molar-refractivity contribution in [3.8, 4) is 0 Å². The molecule has 2 atom stereocenters. The Kier molecular flexibility index (Phi) is 4.45. The van der Waals surface area contributed by atoms with Crippen LogP contribution in [0, 0.1) is 5.92 Å². The van der Waals surface area contributed by atoms with Gasteiger partial charge in [0.15, 0.2) is 6.61 Å². The van der Waals surface area contributed by atoms with Crippen molar-refractivity contribution in [3.05, 3.63) is 18.0 Å². The molecule has 2 aliphatic rings. The minimum absolute atomic E-state index is 0.119. The highest BCUT2D eigenvalue weighted by Gasteiger charge is 2.46. The summed E-state index contributed by atoms with van der Waals surface area (Å²) in [6.45, 7) is -0.161. The summed E-state index contributed by atoms with van der Waals surface area (Å²) in [6.07, 6.45) is 10.1. The van der Waals surface area contributed by atoms with Crippen LogP contribution in [0.2, 0.25) is 0 Å². The van der Waals surface area contributed by atoms with Gasteiger partial charge in [-0.05, 0) is 24.8 Å². The lowest BCUT2D eigenvalue weighted by Gasteiger charge is -2.22. The van der Waals surface area contributed by atoms with Gasteiger partial charge in [0.2, 0.25) is 0 Å². The molecule has 1 aromatic rings. The maximum absolute atomic E-state index is 12.0. The molecular weight excluding hydrogens is 282 g/mol. The van der Waals surface area contributed by atoms with Gasteiger partial charge in [0.25, 0.3) is 5.91 Å². The number of hydrogen-bond acceptors (Lipinski definition) is 4. The third-order valence-corrected chi connectivity index (χ3v) is 4.56. The molecule has 1 aromatic heterocycles. The van der Waals surface area contributed by atoms with Crippen LogP contribution in [0.3, 0.4) is 0 Å². The van der Waals surface area contributed by atoms with Crippen LogP contribution in [-0.4, -0.2) is 34.3 Å². The van der Waals surface area contributed by atoms with Gasteiger partial charge in [0.05, 0.1) is 12.1 Å². The van der Waals surface area contributed by atoms with E-state index in [0.717, 1.165) is 24.8 Å². The normalized spacial score (nSPS) is 24.8. The van der Waals surface area contributed by atoms with E-state index < -0.39 is 0 Å². The maximum Gasteiger partial charge on any atom is 0.310 e. The minimum atomic E-state index is -0.271. The fourth-order valence-corrected chi connectivity index (χ4v) is 3.22. The van der Waals surface area contributed by atoms with Crippen molar-refractivity contribution in [1.29, 1.82) is 0 Å². The fraction of sp³-hybridized carbons (Fsp3) is 0.688. The summed E-state index contributed by atoms with van der Waals surface area (Å²) >= 11 is 0. The molecule has 0 unspecified atom stereocenters. The van der Waals surface area contributed by atoms with Gasteiger partial charge in [-0.15, -0.1) is 0 Å². The molecule has 0 radical (unpaired) electrons. The Balaban J connectivity index is 1.38. The molecule has 6 nitrogen and oxygen atoms in total. The Labute approximate surface area is 130 Å². The van der Waals surface area contributed by atoms with Crippen molar-refractivity contribution >= 4 is 11.9 Å². The third kappa shape index (κ3) is 3.67. The first-order valence-corrected chi connectivity index (χ1v) is 8.08. The highest BCUT2D eigenvalue weighted by atomic mass is 16.5. The number of nitrogens with one attached hydrogen (secondary N) is 1. The molecule has 0 aromatic carbocycles. The number of nitrogens with zero attached hydrogens (tertiary/aromatic N) is 2. The van der Waals surface area contributed by atoms with E-state index in [0.29, 0.717) is 0 Å². The Morgan fingerprint density at radius 3 is 2.82 bits per heavy atom. The molecule has 1 amide bonds. The molecule has 0 spiro atoms. The van der Waals surface area contributed by atoms with Crippen molar-refractivity contribution in [2.45, 2.75) is 50.5 Å². The predicted molar refractivity (Wildman–Crippen MR) is 80.0 cm³/mol. The molecule has 6 heteroatoms. The van der Waals surface area contributed by atoms with Gasteiger partial charge in [-0.1, -0.05) is 19.3 Å². The zero-order chi connectivity index (χ0) is 15.5. The topological polar surface area (TPSA) is 73.2 Å². The summed E-state index contributed by atoms with van der Waals surface area (Å²) in [5, 5.41) is 7.06. The number of amides is 1. The van der Waals surface area contributed by atoms with Gasteiger partial charge in [0, 0.05) is 25.2 Å². The van der Waals surface area contributed by atoms with Crippen LogP contribution in [0.25, 0.3) is 0 Å². The number of aryl methyl sites for hydroxylation is 1. The number of carbonyl (C=O) groups excluding carboxylic acids is 2. The quantitative estimate of drug-likeness (QED) is 0.837. The van der Waals surface area contributed by atoms with Gasteiger partial charge in [-0.2, -0.15) is 5.10 Å². The molecule has 0 saturated heterocycles. The molecule has 2 aliphatic carbocycles. The van der Waals surface area contributed by atoms with E-state index in [4.69, 9.17) is 4.74 Å². The lowest BCUT2D eigenvalue weighted by molar-refractivity contribution is -0.150. The molecule has 1 N–H and O–H groups in total. The van der Waals surface area contributed by atoms with Crippen molar-refractivity contribution in [1.82, 2.24) is 15.1 Å². The number of aromatic nitrogens is 2. The van der Waals surface area contributed by atoms with Gasteiger partial charge in [-0.25, -0.2) is 0 Å². The van der Waals surface area contributed by atoms with Gasteiger partial charge < -0.3 is 10.1 Å². The summed E-state index contributed by atoms with van der Waals surface area (Å²) in [5.41, 5.74) is 1.07. The Morgan fingerprint density at radius 1 is 1.36 bits per heavy atom. The van der Waals surface area contributed by atoms with E-state index >= 15 is 0 Å². The zero-order valence-electron chi connectivity index (χ0n) is 13.0. The summed E-state index contributed by atoms with van der Waals surface area (Å²) in [4.78, 5) is 23.8. The highest BCUT2D eigenvalue weighted by molar-refractivity contribution is 5.83. The van der Waals surface area contributed by atoms with E-state index in [1.54, 1.807) is 10.9 Å². The van der Waals surface area contributed by atoms with Crippen molar-refractivity contribution in [3.63, 3.8) is 0 Å². The van der Waals surface area contributed by atoms with Crippen LogP contribution in [0.4, 0.5) is 0 Å². The first-order valence-electron chi connectivity index (χ1n) is 8.08. The lowest BCUT2D eigenvalue weighted by Crippen LogP contribution is -2.38. The fourth-order valence-electron chi connectivity index (χ4n) is 3.22. The SMILES string of the molecule is Cn1cc([C@@H]2C[C@H]2C(=O)OCC(=O)NC2CCCCC2)cn1. The first kappa shape index (κ1) is 15.1. The standard InChI is InChI=1S/C16H23N3O3/c1-19-9-11(8-17-19)13-7-14(13)16(21)22-10-15(20)18-12-5-3-2-4-6-12/h8-9,12-14H,2-7,10H2,1H3,(H,18,20)/t13-,14+/m0/s1. The monoisotopic (exact) mass is 305 g/mol. The molecule has 1 heterocycles. The Bertz CT molecular complexity index is 549. The second kappa shape index (κ2) is 6.50. The van der Waals surface area contributed by atoms with Crippen LogP contribution in [-0.2, 0) is 21.4 Å². The van der Waals surface area contributed by atoms with Crippen LogP contribution in [0.5, 0.6) is 0 Å². The average molecular weight is 305 g/mol. The van der Waals surface area contributed by atoms with Crippen LogP contribution >= 0.6 is 0 Å². The van der Waals surface area contributed by atoms with Crippen LogP contribution in [0.15, 0.2) is 12.4 Å². The molecule has 0 bridgehead atoms. The first-order chi connectivity index (χ1) is 10.6. The van der Waals surface area contributed by atoms with Crippen molar-refractivity contribution in [2.75, 3.05) is 6.61 Å². The maximum atomic E-state index is 12.0. The molecule has 120 valence electrons. The van der Waals surface area contributed by atoms with E-state index in [1.165, 1.54) is 19.3 Å². The summed E-state index contributed by atoms with van der Waals surface area (Å²) in [6, 6.07) is 0.254. The highest BCUT2D eigenvalue weighted by Crippen LogP contribution is 2.47. The lowest BCUT2D eigenvalue weighted by atomic mass is 9.95.